The Balaban J connectivity index is 2.08. The molecule has 0 saturated carbocycles. The smallest absolute Gasteiger partial charge is 0.124 e. The van der Waals surface area contributed by atoms with E-state index >= 15 is 0 Å². The predicted octanol–water partition coefficient (Wildman–Crippen LogP) is 5.01. The summed E-state index contributed by atoms with van der Waals surface area (Å²) >= 11 is 6.01. The average molecular weight is 304 g/mol. The Kier molecular flexibility index (Phi) is 6.07. The van der Waals surface area contributed by atoms with Gasteiger partial charge in [-0.25, -0.2) is 4.98 Å². The minimum Gasteiger partial charge on any atom is -0.327 e. The van der Waals surface area contributed by atoms with Gasteiger partial charge in [0.05, 0.1) is 28.5 Å². The molecule has 0 fully saturated rings. The number of aromatic nitrogens is 2. The molecule has 2 aromatic rings. The van der Waals surface area contributed by atoms with Gasteiger partial charge in [0.25, 0.3) is 0 Å². The molecule has 0 aliphatic heterocycles. The van der Waals surface area contributed by atoms with E-state index in [4.69, 9.17) is 16.9 Å². The van der Waals surface area contributed by atoms with Crippen molar-refractivity contribution >= 4 is 22.6 Å². The molecule has 21 heavy (non-hydrogen) atoms. The molecule has 0 N–H and O–H groups in total. The van der Waals surface area contributed by atoms with Crippen molar-refractivity contribution in [1.82, 2.24) is 9.55 Å². The van der Waals surface area contributed by atoms with Crippen molar-refractivity contribution in [1.29, 1.82) is 5.26 Å². The number of benzene rings is 1. The second-order valence-corrected chi connectivity index (χ2v) is 5.66. The quantitative estimate of drug-likeness (QED) is 0.508. The van der Waals surface area contributed by atoms with Crippen LogP contribution in [0.4, 0.5) is 0 Å². The molecule has 0 radical (unpaired) electrons. The summed E-state index contributed by atoms with van der Waals surface area (Å²) in [4.78, 5) is 4.56. The Morgan fingerprint density at radius 3 is 2.67 bits per heavy atom. The third kappa shape index (κ3) is 3.98. The maximum absolute atomic E-state index is 9.04. The number of fused-ring (bicyclic) bond motifs is 1. The SMILES string of the molecule is CCCCCCCCn1c(CCl)nc2ccc(C#N)cc21. The van der Waals surface area contributed by atoms with Crippen molar-refractivity contribution < 1.29 is 0 Å². The summed E-state index contributed by atoms with van der Waals surface area (Å²) in [6.07, 6.45) is 7.59. The van der Waals surface area contributed by atoms with Gasteiger partial charge in [-0.15, -0.1) is 11.6 Å². The Bertz CT molecular complexity index is 625. The Morgan fingerprint density at radius 2 is 1.95 bits per heavy atom. The normalized spacial score (nSPS) is 10.9. The minimum absolute atomic E-state index is 0.409. The van der Waals surface area contributed by atoms with Crippen LogP contribution in [0.3, 0.4) is 0 Å². The summed E-state index contributed by atoms with van der Waals surface area (Å²) < 4.78 is 2.17. The van der Waals surface area contributed by atoms with Crippen LogP contribution in [0, 0.1) is 11.3 Å². The van der Waals surface area contributed by atoms with Gasteiger partial charge in [-0.3, -0.25) is 0 Å². The Morgan fingerprint density at radius 1 is 1.19 bits per heavy atom. The lowest BCUT2D eigenvalue weighted by Crippen LogP contribution is -2.02. The standard InChI is InChI=1S/C17H22ClN3/c1-2-3-4-5-6-7-10-21-16-11-14(13-19)8-9-15(16)20-17(21)12-18/h8-9,11H,2-7,10,12H2,1H3. The van der Waals surface area contributed by atoms with E-state index in [2.05, 4.69) is 22.5 Å². The Labute approximate surface area is 131 Å². The van der Waals surface area contributed by atoms with Gasteiger partial charge >= 0.3 is 0 Å². The highest BCUT2D eigenvalue weighted by Gasteiger charge is 2.10. The van der Waals surface area contributed by atoms with E-state index in [1.807, 2.05) is 18.2 Å². The van der Waals surface area contributed by atoms with Crippen LogP contribution in [0.25, 0.3) is 11.0 Å². The molecular formula is C17H22ClN3. The second-order valence-electron chi connectivity index (χ2n) is 5.40. The molecule has 0 atom stereocenters. The van der Waals surface area contributed by atoms with Crippen LogP contribution in [-0.2, 0) is 12.4 Å². The van der Waals surface area contributed by atoms with Gasteiger partial charge < -0.3 is 4.57 Å². The van der Waals surface area contributed by atoms with Crippen LogP contribution < -0.4 is 0 Å². The van der Waals surface area contributed by atoms with E-state index in [-0.39, 0.29) is 0 Å². The lowest BCUT2D eigenvalue weighted by Gasteiger charge is -2.07. The molecule has 0 spiro atoms. The zero-order valence-electron chi connectivity index (χ0n) is 12.6. The van der Waals surface area contributed by atoms with Gasteiger partial charge in [0.2, 0.25) is 0 Å². The van der Waals surface area contributed by atoms with Crippen LogP contribution in [-0.4, -0.2) is 9.55 Å². The first kappa shape index (κ1) is 15.9. The van der Waals surface area contributed by atoms with Crippen molar-refractivity contribution in [2.75, 3.05) is 0 Å². The van der Waals surface area contributed by atoms with E-state index in [1.54, 1.807) is 0 Å². The van der Waals surface area contributed by atoms with Gasteiger partial charge in [-0.2, -0.15) is 5.26 Å². The molecule has 1 aromatic heterocycles. The van der Waals surface area contributed by atoms with Crippen molar-refractivity contribution in [2.45, 2.75) is 57.9 Å². The lowest BCUT2D eigenvalue weighted by atomic mass is 10.1. The van der Waals surface area contributed by atoms with E-state index in [1.165, 1.54) is 32.1 Å². The largest absolute Gasteiger partial charge is 0.327 e. The molecule has 4 heteroatoms. The molecule has 1 aromatic carbocycles. The van der Waals surface area contributed by atoms with Crippen LogP contribution in [0.2, 0.25) is 0 Å². The summed E-state index contributed by atoms with van der Waals surface area (Å²) in [7, 11) is 0. The topological polar surface area (TPSA) is 41.6 Å². The highest BCUT2D eigenvalue weighted by molar-refractivity contribution is 6.16. The van der Waals surface area contributed by atoms with Crippen molar-refractivity contribution in [3.63, 3.8) is 0 Å². The molecule has 2 rings (SSSR count). The summed E-state index contributed by atoms with van der Waals surface area (Å²) in [5.74, 6) is 1.31. The number of halogens is 1. The predicted molar refractivity (Wildman–Crippen MR) is 87.4 cm³/mol. The molecule has 0 bridgehead atoms. The summed E-state index contributed by atoms with van der Waals surface area (Å²) in [6, 6.07) is 7.81. The zero-order chi connectivity index (χ0) is 15.1. The monoisotopic (exact) mass is 303 g/mol. The Hall–Kier alpha value is -1.53. The number of unbranched alkanes of at least 4 members (excludes halogenated alkanes) is 5. The maximum atomic E-state index is 9.04. The van der Waals surface area contributed by atoms with Gasteiger partial charge in [0.1, 0.15) is 5.82 Å². The van der Waals surface area contributed by atoms with E-state index in [9.17, 15) is 0 Å². The van der Waals surface area contributed by atoms with Gasteiger partial charge in [0.15, 0.2) is 0 Å². The highest BCUT2D eigenvalue weighted by atomic mass is 35.5. The van der Waals surface area contributed by atoms with Crippen LogP contribution in [0.5, 0.6) is 0 Å². The van der Waals surface area contributed by atoms with Crippen LogP contribution >= 0.6 is 11.6 Å². The first-order valence-corrected chi connectivity index (χ1v) is 8.28. The number of aryl methyl sites for hydroxylation is 1. The molecule has 3 nitrogen and oxygen atoms in total. The van der Waals surface area contributed by atoms with Crippen LogP contribution in [0.15, 0.2) is 18.2 Å². The fraction of sp³-hybridized carbons (Fsp3) is 0.529. The molecule has 112 valence electrons. The summed E-state index contributed by atoms with van der Waals surface area (Å²) in [6.45, 7) is 3.16. The zero-order valence-corrected chi connectivity index (χ0v) is 13.4. The van der Waals surface area contributed by atoms with Gasteiger partial charge in [0, 0.05) is 6.54 Å². The van der Waals surface area contributed by atoms with Crippen molar-refractivity contribution in [2.24, 2.45) is 0 Å². The van der Waals surface area contributed by atoms with Gasteiger partial charge in [-0.05, 0) is 24.6 Å². The van der Waals surface area contributed by atoms with E-state index in [0.717, 1.165) is 29.8 Å². The molecule has 0 aliphatic carbocycles. The number of imidazole rings is 1. The number of hydrogen-bond acceptors (Lipinski definition) is 2. The third-order valence-electron chi connectivity index (χ3n) is 3.81. The number of nitriles is 1. The molecule has 0 aliphatic rings. The summed E-state index contributed by atoms with van der Waals surface area (Å²) in [5, 5.41) is 9.04. The molecule has 0 saturated heterocycles. The highest BCUT2D eigenvalue weighted by Crippen LogP contribution is 2.20. The van der Waals surface area contributed by atoms with Crippen molar-refractivity contribution in [3.05, 3.63) is 29.6 Å². The number of hydrogen-bond donors (Lipinski definition) is 0. The minimum atomic E-state index is 0.409. The molecule has 0 amide bonds. The average Bonchev–Trinajstić information content (AvgIpc) is 2.87. The fourth-order valence-corrected chi connectivity index (χ4v) is 2.85. The third-order valence-corrected chi connectivity index (χ3v) is 4.05. The van der Waals surface area contributed by atoms with E-state index in [0.29, 0.717) is 11.4 Å². The first-order valence-electron chi connectivity index (χ1n) is 7.75. The van der Waals surface area contributed by atoms with Crippen molar-refractivity contribution in [3.8, 4) is 6.07 Å². The maximum Gasteiger partial charge on any atom is 0.124 e. The fourth-order valence-electron chi connectivity index (χ4n) is 2.64. The number of rotatable bonds is 8. The van der Waals surface area contributed by atoms with Gasteiger partial charge in [-0.1, -0.05) is 39.0 Å². The molecule has 0 unspecified atom stereocenters. The lowest BCUT2D eigenvalue weighted by molar-refractivity contribution is 0.557. The number of nitrogens with zero attached hydrogens (tertiary/aromatic N) is 3. The number of alkyl halides is 1. The van der Waals surface area contributed by atoms with Crippen LogP contribution in [0.1, 0.15) is 56.8 Å². The molecular weight excluding hydrogens is 282 g/mol. The summed E-state index contributed by atoms with van der Waals surface area (Å²) in [5.41, 5.74) is 2.63. The second kappa shape index (κ2) is 8.05. The van der Waals surface area contributed by atoms with E-state index < -0.39 is 0 Å². The molecule has 1 heterocycles. The first-order chi connectivity index (χ1) is 10.3.